The highest BCUT2D eigenvalue weighted by atomic mass is 32.2. The highest BCUT2D eigenvalue weighted by Crippen LogP contribution is 2.15. The number of nitrogens with one attached hydrogen (secondary N) is 1. The summed E-state index contributed by atoms with van der Waals surface area (Å²) in [6.45, 7) is 6.50. The third-order valence-electron chi connectivity index (χ3n) is 3.56. The van der Waals surface area contributed by atoms with Crippen LogP contribution in [0.25, 0.3) is 0 Å². The van der Waals surface area contributed by atoms with Gasteiger partial charge in [0.25, 0.3) is 0 Å². The van der Waals surface area contributed by atoms with Crippen LogP contribution in [0.3, 0.4) is 0 Å². The van der Waals surface area contributed by atoms with Gasteiger partial charge in [0, 0.05) is 41.8 Å². The van der Waals surface area contributed by atoms with Gasteiger partial charge in [-0.15, -0.1) is 0 Å². The van der Waals surface area contributed by atoms with Gasteiger partial charge in [-0.3, -0.25) is 13.8 Å². The first kappa shape index (κ1) is 17.1. The molecule has 1 N–H and O–H groups in total. The van der Waals surface area contributed by atoms with Gasteiger partial charge in [-0.25, -0.2) is 0 Å². The number of rotatable bonds is 6. The Balaban J connectivity index is 2.75. The Bertz CT molecular complexity index is 385. The lowest BCUT2D eigenvalue weighted by Crippen LogP contribution is -2.48. The van der Waals surface area contributed by atoms with Crippen LogP contribution in [-0.2, 0) is 20.4 Å². The molecule has 116 valence electrons. The molecule has 1 saturated heterocycles. The Morgan fingerprint density at radius 2 is 2.00 bits per heavy atom. The van der Waals surface area contributed by atoms with Crippen LogP contribution in [0.5, 0.6) is 0 Å². The second-order valence-corrected chi connectivity index (χ2v) is 7.50. The lowest BCUT2D eigenvalue weighted by molar-refractivity contribution is -0.135. The van der Waals surface area contributed by atoms with Crippen molar-refractivity contribution in [2.45, 2.75) is 52.1 Å². The van der Waals surface area contributed by atoms with Crippen molar-refractivity contribution >= 4 is 22.6 Å². The third kappa shape index (κ3) is 5.23. The van der Waals surface area contributed by atoms with Gasteiger partial charge in [-0.2, -0.15) is 0 Å². The largest absolute Gasteiger partial charge is 0.344 e. The number of amides is 2. The first-order chi connectivity index (χ1) is 9.31. The molecule has 0 aliphatic carbocycles. The molecule has 0 radical (unpaired) electrons. The SMILES string of the molecule is CC(C)CC1NC(=O)CCN(C(C)CCS(C)=O)C1=O. The van der Waals surface area contributed by atoms with Gasteiger partial charge in [0.15, 0.2) is 0 Å². The minimum absolute atomic E-state index is 0.000986. The number of hydrogen-bond acceptors (Lipinski definition) is 3. The van der Waals surface area contributed by atoms with Crippen LogP contribution in [0.4, 0.5) is 0 Å². The van der Waals surface area contributed by atoms with Crippen molar-refractivity contribution in [3.05, 3.63) is 0 Å². The zero-order chi connectivity index (χ0) is 15.3. The van der Waals surface area contributed by atoms with E-state index in [0.29, 0.717) is 37.5 Å². The predicted molar refractivity (Wildman–Crippen MR) is 80.7 cm³/mol. The second-order valence-electron chi connectivity index (χ2n) is 5.95. The van der Waals surface area contributed by atoms with E-state index in [4.69, 9.17) is 0 Å². The molecule has 0 aromatic heterocycles. The van der Waals surface area contributed by atoms with Gasteiger partial charge < -0.3 is 10.2 Å². The van der Waals surface area contributed by atoms with E-state index >= 15 is 0 Å². The van der Waals surface area contributed by atoms with Crippen LogP contribution in [-0.4, -0.2) is 51.6 Å². The van der Waals surface area contributed by atoms with Crippen molar-refractivity contribution in [2.24, 2.45) is 5.92 Å². The van der Waals surface area contributed by atoms with Crippen molar-refractivity contribution in [2.75, 3.05) is 18.6 Å². The summed E-state index contributed by atoms with van der Waals surface area (Å²) in [5, 5.41) is 2.82. The van der Waals surface area contributed by atoms with Crippen molar-refractivity contribution in [1.82, 2.24) is 10.2 Å². The summed E-state index contributed by atoms with van der Waals surface area (Å²) in [5.74, 6) is 0.876. The molecule has 1 aliphatic heterocycles. The lowest BCUT2D eigenvalue weighted by atomic mass is 10.0. The van der Waals surface area contributed by atoms with Crippen molar-refractivity contribution < 1.29 is 13.8 Å². The summed E-state index contributed by atoms with van der Waals surface area (Å²) in [7, 11) is -0.852. The summed E-state index contributed by atoms with van der Waals surface area (Å²) in [6.07, 6.45) is 3.38. The molecule has 1 fully saturated rings. The Morgan fingerprint density at radius 1 is 1.35 bits per heavy atom. The molecular weight excluding hydrogens is 276 g/mol. The van der Waals surface area contributed by atoms with Crippen LogP contribution >= 0.6 is 0 Å². The highest BCUT2D eigenvalue weighted by Gasteiger charge is 2.32. The van der Waals surface area contributed by atoms with Crippen LogP contribution in [0.15, 0.2) is 0 Å². The van der Waals surface area contributed by atoms with Crippen LogP contribution in [0.1, 0.15) is 40.0 Å². The van der Waals surface area contributed by atoms with E-state index in [9.17, 15) is 13.8 Å². The average molecular weight is 302 g/mol. The van der Waals surface area contributed by atoms with E-state index in [1.807, 2.05) is 20.8 Å². The third-order valence-corrected chi connectivity index (χ3v) is 4.37. The number of nitrogens with zero attached hydrogens (tertiary/aromatic N) is 1. The van der Waals surface area contributed by atoms with Gasteiger partial charge >= 0.3 is 0 Å². The second kappa shape index (κ2) is 7.76. The predicted octanol–water partition coefficient (Wildman–Crippen LogP) is 0.907. The van der Waals surface area contributed by atoms with Gasteiger partial charge in [-0.05, 0) is 25.7 Å². The molecule has 20 heavy (non-hydrogen) atoms. The molecule has 0 aromatic rings. The molecule has 3 unspecified atom stereocenters. The van der Waals surface area contributed by atoms with Crippen LogP contribution in [0, 0.1) is 5.92 Å². The van der Waals surface area contributed by atoms with Crippen LogP contribution in [0.2, 0.25) is 0 Å². The molecule has 1 heterocycles. The smallest absolute Gasteiger partial charge is 0.245 e. The maximum atomic E-state index is 12.5. The first-order valence-electron chi connectivity index (χ1n) is 7.21. The number of carbonyl (C=O) groups is 2. The summed E-state index contributed by atoms with van der Waals surface area (Å²) in [5.41, 5.74) is 0. The monoisotopic (exact) mass is 302 g/mol. The minimum Gasteiger partial charge on any atom is -0.344 e. The fraction of sp³-hybridized carbons (Fsp3) is 0.857. The summed E-state index contributed by atoms with van der Waals surface area (Å²) in [6, 6.07) is -0.395. The number of hydrogen-bond donors (Lipinski definition) is 1. The molecule has 0 saturated carbocycles. The highest BCUT2D eigenvalue weighted by molar-refractivity contribution is 7.84. The Hall–Kier alpha value is -0.910. The molecule has 3 atom stereocenters. The Kier molecular flexibility index (Phi) is 6.65. The van der Waals surface area contributed by atoms with Crippen molar-refractivity contribution in [3.8, 4) is 0 Å². The molecule has 1 rings (SSSR count). The molecule has 0 spiro atoms. The normalized spacial score (nSPS) is 23.4. The quantitative estimate of drug-likeness (QED) is 0.793. The van der Waals surface area contributed by atoms with E-state index in [0.717, 1.165) is 0 Å². The molecule has 0 aromatic carbocycles. The van der Waals surface area contributed by atoms with E-state index in [1.54, 1.807) is 11.2 Å². The number of carbonyl (C=O) groups excluding carboxylic acids is 2. The molecule has 5 nitrogen and oxygen atoms in total. The van der Waals surface area contributed by atoms with Crippen molar-refractivity contribution in [3.63, 3.8) is 0 Å². The topological polar surface area (TPSA) is 66.5 Å². The van der Waals surface area contributed by atoms with E-state index in [-0.39, 0.29) is 17.9 Å². The minimum atomic E-state index is -0.852. The molecule has 0 bridgehead atoms. The maximum Gasteiger partial charge on any atom is 0.245 e. The Labute approximate surface area is 123 Å². The van der Waals surface area contributed by atoms with Gasteiger partial charge in [0.2, 0.25) is 11.8 Å². The summed E-state index contributed by atoms with van der Waals surface area (Å²) in [4.78, 5) is 26.0. The average Bonchev–Trinajstić information content (AvgIpc) is 2.46. The lowest BCUT2D eigenvalue weighted by Gasteiger charge is -2.30. The van der Waals surface area contributed by atoms with Crippen LogP contribution < -0.4 is 5.32 Å². The van der Waals surface area contributed by atoms with Gasteiger partial charge in [-0.1, -0.05) is 13.8 Å². The standard InChI is InChI=1S/C14H26N2O3S/c1-10(2)9-12-14(18)16(7-5-13(17)15-12)11(3)6-8-20(4)19/h10-12H,5-9H2,1-4H3,(H,15,17). The van der Waals surface area contributed by atoms with E-state index in [2.05, 4.69) is 5.32 Å². The zero-order valence-electron chi connectivity index (χ0n) is 12.8. The van der Waals surface area contributed by atoms with E-state index < -0.39 is 16.8 Å². The zero-order valence-corrected chi connectivity index (χ0v) is 13.7. The fourth-order valence-electron chi connectivity index (χ4n) is 2.42. The summed E-state index contributed by atoms with van der Waals surface area (Å²) < 4.78 is 11.2. The molecule has 2 amide bonds. The fourth-order valence-corrected chi connectivity index (χ4v) is 3.09. The van der Waals surface area contributed by atoms with Crippen molar-refractivity contribution in [1.29, 1.82) is 0 Å². The maximum absolute atomic E-state index is 12.5. The summed E-state index contributed by atoms with van der Waals surface area (Å²) >= 11 is 0. The molecule has 1 aliphatic rings. The first-order valence-corrected chi connectivity index (χ1v) is 8.93. The van der Waals surface area contributed by atoms with Gasteiger partial charge in [0.05, 0.1) is 0 Å². The Morgan fingerprint density at radius 3 is 2.55 bits per heavy atom. The van der Waals surface area contributed by atoms with Gasteiger partial charge in [0.1, 0.15) is 6.04 Å². The molecule has 6 heteroatoms. The van der Waals surface area contributed by atoms with E-state index in [1.165, 1.54) is 0 Å². The molecular formula is C14H26N2O3S.